The van der Waals surface area contributed by atoms with E-state index in [-0.39, 0.29) is 5.95 Å². The molecule has 150 valence electrons. The zero-order valence-corrected chi connectivity index (χ0v) is 16.7. The molecule has 9 heteroatoms. The van der Waals surface area contributed by atoms with Gasteiger partial charge in [-0.3, -0.25) is 0 Å². The average molecular weight is 392 g/mol. The van der Waals surface area contributed by atoms with Crippen LogP contribution in [0.2, 0.25) is 0 Å². The van der Waals surface area contributed by atoms with Gasteiger partial charge in [-0.15, -0.1) is 0 Å². The summed E-state index contributed by atoms with van der Waals surface area (Å²) >= 11 is 0. The van der Waals surface area contributed by atoms with Crippen molar-refractivity contribution >= 4 is 22.9 Å². The van der Waals surface area contributed by atoms with Gasteiger partial charge in [-0.05, 0) is 39.0 Å². The average Bonchev–Trinajstić information content (AvgIpc) is 3.42. The maximum absolute atomic E-state index is 5.99. The molecule has 2 N–H and O–H groups in total. The Hall–Kier alpha value is -2.81. The summed E-state index contributed by atoms with van der Waals surface area (Å²) in [4.78, 5) is 25.6. The predicted octanol–water partition coefficient (Wildman–Crippen LogP) is 2.12. The lowest BCUT2D eigenvalue weighted by Gasteiger charge is -2.30. The van der Waals surface area contributed by atoms with Gasteiger partial charge in [0.15, 0.2) is 22.8 Å². The minimum absolute atomic E-state index is 0.243. The summed E-state index contributed by atoms with van der Waals surface area (Å²) in [5.41, 5.74) is 7.70. The molecule has 2 bridgehead atoms. The number of anilines is 2. The van der Waals surface area contributed by atoms with Gasteiger partial charge in [0.25, 0.3) is 0 Å². The minimum atomic E-state index is -0.454. The van der Waals surface area contributed by atoms with E-state index in [4.69, 9.17) is 25.4 Å². The molecule has 0 amide bonds. The Morgan fingerprint density at radius 1 is 1.14 bits per heavy atom. The monoisotopic (exact) mass is 392 g/mol. The fourth-order valence-corrected chi connectivity index (χ4v) is 5.08. The van der Waals surface area contributed by atoms with E-state index >= 15 is 0 Å². The van der Waals surface area contributed by atoms with E-state index in [9.17, 15) is 0 Å². The van der Waals surface area contributed by atoms with E-state index in [0.29, 0.717) is 18.5 Å². The van der Waals surface area contributed by atoms with Crippen LogP contribution in [0.15, 0.2) is 12.4 Å². The number of piperidine rings is 1. The van der Waals surface area contributed by atoms with Gasteiger partial charge in [-0.25, -0.2) is 24.9 Å². The Kier molecular flexibility index (Phi) is 3.45. The first-order chi connectivity index (χ1) is 14.0. The normalized spacial score (nSPS) is 25.0. The van der Waals surface area contributed by atoms with Crippen LogP contribution in [0, 0.1) is 5.92 Å². The minimum Gasteiger partial charge on any atom is -0.368 e. The Morgan fingerprint density at radius 3 is 2.69 bits per heavy atom. The third-order valence-electron chi connectivity index (χ3n) is 6.50. The standard InChI is InChI=1S/C20H24N8O/c1-20(2)18-24-14-16(27(18)5-6-29-20)25-15(12-8-22-19(21)23-9-12)26-17(14)28-10-11-3-4-13(28)7-11/h8-9,11,13H,3-7,10H2,1-2H3,(H2,21,22,23). The quantitative estimate of drug-likeness (QED) is 0.706. The number of nitrogens with two attached hydrogens (primary N) is 1. The second-order valence-electron chi connectivity index (χ2n) is 8.80. The van der Waals surface area contributed by atoms with Crippen molar-refractivity contribution in [3.8, 4) is 11.4 Å². The summed E-state index contributed by atoms with van der Waals surface area (Å²) in [6.45, 7) is 6.53. The number of aromatic nitrogens is 6. The molecule has 3 aromatic rings. The number of rotatable bonds is 2. The van der Waals surface area contributed by atoms with Crippen molar-refractivity contribution in [2.45, 2.75) is 51.3 Å². The second kappa shape index (κ2) is 5.85. The summed E-state index contributed by atoms with van der Waals surface area (Å²) in [6, 6.07) is 0.539. The fraction of sp³-hybridized carbons (Fsp3) is 0.550. The Labute approximate surface area is 168 Å². The lowest BCUT2D eigenvalue weighted by Crippen LogP contribution is -2.33. The van der Waals surface area contributed by atoms with Crippen LogP contribution in [-0.4, -0.2) is 48.7 Å². The van der Waals surface area contributed by atoms with Crippen LogP contribution in [0.3, 0.4) is 0 Å². The van der Waals surface area contributed by atoms with E-state index < -0.39 is 5.60 Å². The molecular formula is C20H24N8O. The number of nitrogens with zero attached hydrogens (tertiary/aromatic N) is 7. The lowest BCUT2D eigenvalue weighted by atomic mass is 10.1. The summed E-state index contributed by atoms with van der Waals surface area (Å²) < 4.78 is 8.17. The maximum atomic E-state index is 5.99. The van der Waals surface area contributed by atoms with Gasteiger partial charge in [-0.1, -0.05) is 0 Å². The van der Waals surface area contributed by atoms with Gasteiger partial charge < -0.3 is 19.9 Å². The molecule has 0 aromatic carbocycles. The van der Waals surface area contributed by atoms with Crippen molar-refractivity contribution in [3.63, 3.8) is 0 Å². The van der Waals surface area contributed by atoms with Gasteiger partial charge in [-0.2, -0.15) is 0 Å². The van der Waals surface area contributed by atoms with E-state index in [1.165, 1.54) is 19.3 Å². The van der Waals surface area contributed by atoms with Crippen molar-refractivity contribution in [2.75, 3.05) is 23.8 Å². The van der Waals surface area contributed by atoms with Crippen molar-refractivity contribution in [1.29, 1.82) is 0 Å². The highest BCUT2D eigenvalue weighted by Gasteiger charge is 2.41. The number of hydrogen-bond donors (Lipinski definition) is 1. The first kappa shape index (κ1) is 17.1. The summed E-state index contributed by atoms with van der Waals surface area (Å²) in [5, 5.41) is 0. The molecule has 0 spiro atoms. The van der Waals surface area contributed by atoms with Crippen molar-refractivity contribution < 1.29 is 4.74 Å². The molecular weight excluding hydrogens is 368 g/mol. The highest BCUT2D eigenvalue weighted by atomic mass is 16.5. The van der Waals surface area contributed by atoms with Gasteiger partial charge in [0, 0.05) is 31.5 Å². The van der Waals surface area contributed by atoms with Crippen LogP contribution in [0.5, 0.6) is 0 Å². The van der Waals surface area contributed by atoms with E-state index in [2.05, 4.69) is 33.3 Å². The smallest absolute Gasteiger partial charge is 0.219 e. The first-order valence-corrected chi connectivity index (χ1v) is 10.3. The topological polar surface area (TPSA) is 108 Å². The van der Waals surface area contributed by atoms with Crippen LogP contribution in [0.25, 0.3) is 22.6 Å². The van der Waals surface area contributed by atoms with Gasteiger partial charge in [0.2, 0.25) is 5.95 Å². The maximum Gasteiger partial charge on any atom is 0.219 e. The molecule has 0 radical (unpaired) electrons. The number of imidazole rings is 1. The van der Waals surface area contributed by atoms with Crippen molar-refractivity contribution in [1.82, 2.24) is 29.5 Å². The highest BCUT2D eigenvalue weighted by Crippen LogP contribution is 2.42. The molecule has 9 nitrogen and oxygen atoms in total. The molecule has 3 aromatic heterocycles. The lowest BCUT2D eigenvalue weighted by molar-refractivity contribution is -0.0530. The molecule has 6 rings (SSSR count). The molecule has 29 heavy (non-hydrogen) atoms. The summed E-state index contributed by atoms with van der Waals surface area (Å²) in [7, 11) is 0. The first-order valence-electron chi connectivity index (χ1n) is 10.3. The fourth-order valence-electron chi connectivity index (χ4n) is 5.08. The van der Waals surface area contributed by atoms with E-state index in [1.54, 1.807) is 12.4 Å². The highest BCUT2D eigenvalue weighted by molar-refractivity contribution is 5.87. The van der Waals surface area contributed by atoms with E-state index in [0.717, 1.165) is 47.4 Å². The zero-order chi connectivity index (χ0) is 19.8. The van der Waals surface area contributed by atoms with Gasteiger partial charge in [0.05, 0.1) is 12.2 Å². The van der Waals surface area contributed by atoms with Gasteiger partial charge in [0.1, 0.15) is 11.4 Å². The number of fused-ring (bicyclic) bond motifs is 5. The molecule has 3 aliphatic rings. The van der Waals surface area contributed by atoms with Crippen LogP contribution in [0.4, 0.5) is 11.8 Å². The van der Waals surface area contributed by atoms with Gasteiger partial charge >= 0.3 is 0 Å². The molecule has 5 heterocycles. The Bertz CT molecular complexity index is 1110. The molecule has 2 unspecified atom stereocenters. The van der Waals surface area contributed by atoms with E-state index in [1.807, 2.05) is 0 Å². The molecule has 2 fully saturated rings. The predicted molar refractivity (Wildman–Crippen MR) is 108 cm³/mol. The largest absolute Gasteiger partial charge is 0.368 e. The van der Waals surface area contributed by atoms with Crippen molar-refractivity contribution in [3.05, 3.63) is 18.2 Å². The summed E-state index contributed by atoms with van der Waals surface area (Å²) in [6.07, 6.45) is 7.15. The Balaban J connectivity index is 1.59. The third-order valence-corrected chi connectivity index (χ3v) is 6.50. The number of nitrogen functional groups attached to an aromatic ring is 1. The van der Waals surface area contributed by atoms with Crippen LogP contribution < -0.4 is 10.6 Å². The molecule has 2 aliphatic heterocycles. The van der Waals surface area contributed by atoms with Crippen LogP contribution >= 0.6 is 0 Å². The van der Waals surface area contributed by atoms with Crippen LogP contribution in [-0.2, 0) is 16.9 Å². The number of ether oxygens (including phenoxy) is 1. The molecule has 1 aliphatic carbocycles. The zero-order valence-electron chi connectivity index (χ0n) is 16.7. The Morgan fingerprint density at radius 2 is 1.97 bits per heavy atom. The molecule has 1 saturated carbocycles. The SMILES string of the molecule is CC1(C)OCCn2c1nc1c(N3CC4CCC3C4)nc(-c3cnc(N)nc3)nc12. The van der Waals surface area contributed by atoms with Crippen LogP contribution in [0.1, 0.15) is 38.9 Å². The summed E-state index contributed by atoms with van der Waals surface area (Å²) in [5.74, 6) is 3.44. The number of hydrogen-bond acceptors (Lipinski definition) is 8. The third kappa shape index (κ3) is 2.53. The van der Waals surface area contributed by atoms with Crippen molar-refractivity contribution in [2.24, 2.45) is 5.92 Å². The molecule has 1 saturated heterocycles. The molecule has 2 atom stereocenters. The second-order valence-corrected chi connectivity index (χ2v) is 8.80.